The molecule has 2 aromatic carbocycles. The van der Waals surface area contributed by atoms with Gasteiger partial charge in [0.05, 0.1) is 18.6 Å². The lowest BCUT2D eigenvalue weighted by atomic mass is 9.98. The molecule has 2 amide bonds. The van der Waals surface area contributed by atoms with Gasteiger partial charge in [-0.15, -0.1) is 0 Å². The van der Waals surface area contributed by atoms with Gasteiger partial charge in [0.25, 0.3) is 11.8 Å². The van der Waals surface area contributed by atoms with E-state index in [2.05, 4.69) is 0 Å². The predicted molar refractivity (Wildman–Crippen MR) is 141 cm³/mol. The van der Waals surface area contributed by atoms with E-state index in [1.54, 1.807) is 33.3 Å². The van der Waals surface area contributed by atoms with Gasteiger partial charge in [-0.2, -0.15) is 0 Å². The zero-order valence-electron chi connectivity index (χ0n) is 21.8. The van der Waals surface area contributed by atoms with E-state index in [1.807, 2.05) is 18.2 Å². The number of allylic oxidation sites excluding steroid dienone is 1. The topological polar surface area (TPSA) is 131 Å². The lowest BCUT2D eigenvalue weighted by molar-refractivity contribution is -0.134. The van der Waals surface area contributed by atoms with Crippen molar-refractivity contribution in [3.05, 3.63) is 60.2 Å². The number of benzene rings is 2. The standard InChI is InChI=1S/C27H34N2O8S/c1-29(2)25(30)24(20-7-9-21(35-3)10-8-20)6-4-5-17-37-22-11-13-23(14-12-22)38(33,34)27(26(31)28-32)15-18-36-19-16-27/h6-14,32H,4-5,15-19H2,1-3H3,(H,28,31). The number of hydrogen-bond acceptors (Lipinski definition) is 8. The van der Waals surface area contributed by atoms with Crippen molar-refractivity contribution >= 4 is 27.2 Å². The summed E-state index contributed by atoms with van der Waals surface area (Å²) < 4.78 is 41.0. The third kappa shape index (κ3) is 6.35. The van der Waals surface area contributed by atoms with Crippen molar-refractivity contribution in [2.75, 3.05) is 41.0 Å². The Morgan fingerprint density at radius 2 is 1.66 bits per heavy atom. The van der Waals surface area contributed by atoms with E-state index < -0.39 is 20.5 Å². The van der Waals surface area contributed by atoms with Crippen molar-refractivity contribution in [3.8, 4) is 11.5 Å². The minimum Gasteiger partial charge on any atom is -0.497 e. The van der Waals surface area contributed by atoms with Crippen LogP contribution >= 0.6 is 0 Å². The molecule has 0 unspecified atom stereocenters. The molecule has 1 saturated heterocycles. The smallest absolute Gasteiger partial charge is 0.265 e. The Morgan fingerprint density at radius 3 is 2.21 bits per heavy atom. The largest absolute Gasteiger partial charge is 0.497 e. The number of likely N-dealkylation sites (N-methyl/N-ethyl adjacent to an activating group) is 1. The molecule has 0 atom stereocenters. The highest BCUT2D eigenvalue weighted by atomic mass is 32.2. The number of methoxy groups -OCH3 is 1. The van der Waals surface area contributed by atoms with E-state index in [1.165, 1.54) is 34.6 Å². The van der Waals surface area contributed by atoms with Crippen LogP contribution in [0.15, 0.2) is 59.5 Å². The Kier molecular flexibility index (Phi) is 9.90. The van der Waals surface area contributed by atoms with Crippen molar-refractivity contribution in [2.45, 2.75) is 35.3 Å². The van der Waals surface area contributed by atoms with Crippen LogP contribution in [0.1, 0.15) is 31.2 Å². The average molecular weight is 547 g/mol. The summed E-state index contributed by atoms with van der Waals surface area (Å²) in [5.74, 6) is 0.110. The maximum Gasteiger partial charge on any atom is 0.265 e. The summed E-state index contributed by atoms with van der Waals surface area (Å²) in [5.41, 5.74) is 2.88. The number of unbranched alkanes of at least 4 members (excludes halogenated alkanes) is 1. The zero-order chi connectivity index (χ0) is 27.8. The maximum atomic E-state index is 13.3. The summed E-state index contributed by atoms with van der Waals surface area (Å²) >= 11 is 0. The predicted octanol–water partition coefficient (Wildman–Crippen LogP) is 2.85. The molecule has 0 bridgehead atoms. The van der Waals surface area contributed by atoms with Gasteiger partial charge in [-0.1, -0.05) is 18.2 Å². The number of hydroxylamine groups is 1. The van der Waals surface area contributed by atoms with Gasteiger partial charge in [0.2, 0.25) is 0 Å². The number of nitrogens with zero attached hydrogens (tertiary/aromatic N) is 1. The number of rotatable bonds is 11. The Labute approximate surface area is 223 Å². The Balaban J connectivity index is 1.63. The first-order valence-corrected chi connectivity index (χ1v) is 13.7. The minimum atomic E-state index is -4.10. The van der Waals surface area contributed by atoms with Crippen molar-refractivity contribution < 1.29 is 37.4 Å². The summed E-state index contributed by atoms with van der Waals surface area (Å²) in [6.45, 7) is 0.550. The van der Waals surface area contributed by atoms with Crippen LogP contribution in [0.25, 0.3) is 5.57 Å². The van der Waals surface area contributed by atoms with Gasteiger partial charge in [0.15, 0.2) is 14.6 Å². The molecule has 1 aliphatic rings. The molecule has 0 aromatic heterocycles. The molecule has 0 aliphatic carbocycles. The van der Waals surface area contributed by atoms with Crippen LogP contribution in [0.2, 0.25) is 0 Å². The number of carbonyl (C=O) groups is 2. The van der Waals surface area contributed by atoms with Gasteiger partial charge in [-0.25, -0.2) is 13.9 Å². The molecule has 1 aliphatic heterocycles. The third-order valence-corrected chi connectivity index (χ3v) is 8.98. The summed E-state index contributed by atoms with van der Waals surface area (Å²) in [5, 5.41) is 9.17. The van der Waals surface area contributed by atoms with E-state index in [0.29, 0.717) is 36.5 Å². The summed E-state index contributed by atoms with van der Waals surface area (Å²) in [7, 11) is 0.892. The Morgan fingerprint density at radius 1 is 1.05 bits per heavy atom. The quantitative estimate of drug-likeness (QED) is 0.190. The fourth-order valence-electron chi connectivity index (χ4n) is 4.22. The molecular weight excluding hydrogens is 512 g/mol. The summed E-state index contributed by atoms with van der Waals surface area (Å²) in [6, 6.07) is 13.1. The molecule has 2 aromatic rings. The second-order valence-electron chi connectivity index (χ2n) is 9.06. The van der Waals surface area contributed by atoms with Crippen LogP contribution < -0.4 is 15.0 Å². The number of hydrogen-bond donors (Lipinski definition) is 2. The van der Waals surface area contributed by atoms with Gasteiger partial charge >= 0.3 is 0 Å². The minimum absolute atomic E-state index is 0.0374. The van der Waals surface area contributed by atoms with Crippen molar-refractivity contribution in [3.63, 3.8) is 0 Å². The van der Waals surface area contributed by atoms with Gasteiger partial charge in [-0.05, 0) is 67.6 Å². The van der Waals surface area contributed by atoms with Crippen LogP contribution in [0.4, 0.5) is 0 Å². The van der Waals surface area contributed by atoms with Crippen LogP contribution in [0.3, 0.4) is 0 Å². The Hall–Kier alpha value is -3.41. The molecule has 11 heteroatoms. The number of carbonyl (C=O) groups excluding carboxylic acids is 2. The third-order valence-electron chi connectivity index (χ3n) is 6.47. The zero-order valence-corrected chi connectivity index (χ0v) is 22.6. The molecular formula is C27H34N2O8S. The van der Waals surface area contributed by atoms with E-state index in [4.69, 9.17) is 14.2 Å². The average Bonchev–Trinajstić information content (AvgIpc) is 2.94. The molecule has 10 nitrogen and oxygen atoms in total. The van der Waals surface area contributed by atoms with Gasteiger partial charge in [0.1, 0.15) is 11.5 Å². The van der Waals surface area contributed by atoms with Gasteiger partial charge in [-0.3, -0.25) is 14.8 Å². The van der Waals surface area contributed by atoms with E-state index in [0.717, 1.165) is 5.56 Å². The van der Waals surface area contributed by atoms with Crippen molar-refractivity contribution in [2.24, 2.45) is 0 Å². The van der Waals surface area contributed by atoms with E-state index >= 15 is 0 Å². The van der Waals surface area contributed by atoms with E-state index in [-0.39, 0.29) is 36.9 Å². The molecule has 1 heterocycles. The first-order valence-electron chi connectivity index (χ1n) is 12.2. The lowest BCUT2D eigenvalue weighted by Crippen LogP contribution is -2.54. The lowest BCUT2D eigenvalue weighted by Gasteiger charge is -2.34. The van der Waals surface area contributed by atoms with Crippen LogP contribution in [0.5, 0.6) is 11.5 Å². The van der Waals surface area contributed by atoms with Crippen molar-refractivity contribution in [1.82, 2.24) is 10.4 Å². The fraction of sp³-hybridized carbons (Fsp3) is 0.407. The number of ether oxygens (including phenoxy) is 3. The fourth-order valence-corrected chi connectivity index (χ4v) is 6.16. The normalized spacial score (nSPS) is 15.4. The monoisotopic (exact) mass is 546 g/mol. The Bertz CT molecular complexity index is 1230. The summed E-state index contributed by atoms with van der Waals surface area (Å²) in [6.07, 6.45) is 2.99. The van der Waals surface area contributed by atoms with Crippen LogP contribution in [-0.2, 0) is 24.2 Å². The number of amides is 2. The molecule has 3 rings (SSSR count). The molecule has 206 valence electrons. The molecule has 38 heavy (non-hydrogen) atoms. The first kappa shape index (κ1) is 29.2. The highest BCUT2D eigenvalue weighted by molar-refractivity contribution is 7.93. The second-order valence-corrected chi connectivity index (χ2v) is 11.3. The first-order chi connectivity index (χ1) is 18.2. The molecule has 2 N–H and O–H groups in total. The second kappa shape index (κ2) is 12.9. The molecule has 1 fully saturated rings. The highest BCUT2D eigenvalue weighted by Crippen LogP contribution is 2.35. The van der Waals surface area contributed by atoms with Gasteiger partial charge < -0.3 is 19.1 Å². The number of sulfone groups is 1. The van der Waals surface area contributed by atoms with E-state index in [9.17, 15) is 23.2 Å². The van der Waals surface area contributed by atoms with Crippen molar-refractivity contribution in [1.29, 1.82) is 0 Å². The summed E-state index contributed by atoms with van der Waals surface area (Å²) in [4.78, 5) is 26.6. The maximum absolute atomic E-state index is 13.3. The molecule has 0 radical (unpaired) electrons. The van der Waals surface area contributed by atoms with Crippen LogP contribution in [-0.4, -0.2) is 76.1 Å². The van der Waals surface area contributed by atoms with Crippen LogP contribution in [0, 0.1) is 0 Å². The molecule has 0 spiro atoms. The SMILES string of the molecule is COc1ccc(C(=CCCCOc2ccc(S(=O)(=O)C3(C(=O)NO)CCOCC3)cc2)C(=O)N(C)C)cc1. The molecule has 0 saturated carbocycles. The highest BCUT2D eigenvalue weighted by Gasteiger charge is 2.52. The van der Waals surface area contributed by atoms with Gasteiger partial charge in [0, 0.05) is 32.9 Å². The number of nitrogens with one attached hydrogen (secondary N) is 1.